The standard InChI is InChI=1S/C22H20N4O7S2/c1-34(29,30)24-12-4-5-13-16(10-12)35(31,32)25-21(23-13)18-20(27)17-14-6-7-15(33-14)19(17)26(22(18)28)9-8-11-2-3-11/h4-7,10-11,24,27H,2-3,8-9H2,1H3,(H,23,25). The van der Waals surface area contributed by atoms with Crippen molar-refractivity contribution in [1.82, 2.24) is 4.57 Å². The third kappa shape index (κ3) is 3.62. The number of fused-ring (bicyclic) bond motifs is 6. The second-order valence-corrected chi connectivity index (χ2v) is 12.2. The van der Waals surface area contributed by atoms with E-state index in [-0.39, 0.29) is 27.7 Å². The molecule has 182 valence electrons. The van der Waals surface area contributed by atoms with Crippen molar-refractivity contribution >= 4 is 59.3 Å². The molecule has 2 aliphatic rings. The van der Waals surface area contributed by atoms with E-state index in [4.69, 9.17) is 4.42 Å². The van der Waals surface area contributed by atoms with Crippen LogP contribution in [0.2, 0.25) is 0 Å². The summed E-state index contributed by atoms with van der Waals surface area (Å²) in [5.41, 5.74) is 0.608. The first-order valence-electron chi connectivity index (χ1n) is 10.9. The van der Waals surface area contributed by atoms with Gasteiger partial charge >= 0.3 is 0 Å². The number of nitrogens with one attached hydrogen (secondary N) is 2. The number of hydrogen-bond donors (Lipinski definition) is 3. The Labute approximate surface area is 199 Å². The maximum Gasteiger partial charge on any atom is 0.286 e. The lowest BCUT2D eigenvalue weighted by Gasteiger charge is -2.20. The van der Waals surface area contributed by atoms with Gasteiger partial charge in [0.05, 0.1) is 17.3 Å². The van der Waals surface area contributed by atoms with E-state index < -0.39 is 31.4 Å². The largest absolute Gasteiger partial charge is 0.506 e. The van der Waals surface area contributed by atoms with Crippen molar-refractivity contribution in [3.63, 3.8) is 0 Å². The average molecular weight is 517 g/mol. The van der Waals surface area contributed by atoms with Crippen molar-refractivity contribution in [3.8, 4) is 5.75 Å². The molecule has 1 aromatic carbocycles. The van der Waals surface area contributed by atoms with Crippen molar-refractivity contribution in [2.75, 3.05) is 16.3 Å². The normalized spacial score (nSPS) is 17.3. The number of furan rings is 2. The van der Waals surface area contributed by atoms with E-state index in [0.717, 1.165) is 31.6 Å². The first kappa shape index (κ1) is 21.9. The molecule has 0 amide bonds. The Bertz CT molecular complexity index is 1830. The molecule has 4 aromatic rings. The fourth-order valence-corrected chi connectivity index (χ4v) is 6.19. The molecule has 0 unspecified atom stereocenters. The zero-order valence-corrected chi connectivity index (χ0v) is 20.0. The van der Waals surface area contributed by atoms with Crippen LogP contribution in [-0.2, 0) is 26.6 Å². The zero-order chi connectivity index (χ0) is 24.7. The number of aryl methyl sites for hydroxylation is 1. The summed E-state index contributed by atoms with van der Waals surface area (Å²) >= 11 is 0. The van der Waals surface area contributed by atoms with Crippen LogP contribution in [0.3, 0.4) is 0 Å². The SMILES string of the molecule is CS(=O)(=O)Nc1ccc2c(c1)S(=O)(=O)N=C(c1c(O)c3c4ccc(o4)c3n(CCC3CC3)c1=O)N2. The average Bonchev–Trinajstić information content (AvgIpc) is 3.36. The van der Waals surface area contributed by atoms with Crippen LogP contribution in [-0.4, -0.2) is 38.6 Å². The lowest BCUT2D eigenvalue weighted by atomic mass is 10.1. The van der Waals surface area contributed by atoms with E-state index in [1.807, 2.05) is 0 Å². The van der Waals surface area contributed by atoms with Crippen LogP contribution in [0.5, 0.6) is 5.75 Å². The molecule has 0 radical (unpaired) electrons. The number of pyridine rings is 1. The predicted octanol–water partition coefficient (Wildman–Crippen LogP) is 2.62. The third-order valence-corrected chi connectivity index (χ3v) is 8.17. The second kappa shape index (κ2) is 7.21. The minimum atomic E-state index is -4.33. The highest BCUT2D eigenvalue weighted by Crippen LogP contribution is 2.40. The van der Waals surface area contributed by atoms with E-state index in [2.05, 4.69) is 14.4 Å². The molecule has 0 spiro atoms. The van der Waals surface area contributed by atoms with Gasteiger partial charge < -0.3 is 19.4 Å². The second-order valence-electron chi connectivity index (χ2n) is 8.93. The maximum absolute atomic E-state index is 13.6. The first-order chi connectivity index (χ1) is 16.5. The molecular formula is C22H20N4O7S2. The molecule has 1 saturated carbocycles. The Balaban J connectivity index is 1.51. The van der Waals surface area contributed by atoms with E-state index >= 15 is 0 Å². The van der Waals surface area contributed by atoms with Crippen LogP contribution in [0.25, 0.3) is 22.1 Å². The summed E-state index contributed by atoms with van der Waals surface area (Å²) in [5, 5.41) is 14.3. The molecule has 3 N–H and O–H groups in total. The van der Waals surface area contributed by atoms with Gasteiger partial charge in [-0.1, -0.05) is 12.8 Å². The van der Waals surface area contributed by atoms with Gasteiger partial charge in [-0.05, 0) is 42.7 Å². The van der Waals surface area contributed by atoms with Gasteiger partial charge in [0.2, 0.25) is 10.0 Å². The van der Waals surface area contributed by atoms with Gasteiger partial charge in [0.15, 0.2) is 11.4 Å². The number of sulfonamides is 2. The minimum Gasteiger partial charge on any atom is -0.506 e. The maximum atomic E-state index is 13.6. The summed E-state index contributed by atoms with van der Waals surface area (Å²) < 4.78 is 62.3. The molecule has 6 rings (SSSR count). The predicted molar refractivity (Wildman–Crippen MR) is 130 cm³/mol. The third-order valence-electron chi connectivity index (χ3n) is 6.25. The van der Waals surface area contributed by atoms with Crippen molar-refractivity contribution < 1.29 is 26.4 Å². The lowest BCUT2D eigenvalue weighted by Crippen LogP contribution is -2.32. The van der Waals surface area contributed by atoms with Crippen molar-refractivity contribution in [2.24, 2.45) is 10.3 Å². The molecule has 11 nitrogen and oxygen atoms in total. The number of hydrogen-bond acceptors (Lipinski definition) is 8. The number of benzene rings is 2. The van der Waals surface area contributed by atoms with Gasteiger partial charge in [-0.15, -0.1) is 4.40 Å². The summed E-state index contributed by atoms with van der Waals surface area (Å²) in [4.78, 5) is 13.3. The van der Waals surface area contributed by atoms with Crippen LogP contribution >= 0.6 is 0 Å². The highest BCUT2D eigenvalue weighted by atomic mass is 32.2. The number of nitrogens with zero attached hydrogens (tertiary/aromatic N) is 2. The molecule has 13 heteroatoms. The van der Waals surface area contributed by atoms with E-state index in [9.17, 15) is 26.7 Å². The molecule has 0 saturated heterocycles. The van der Waals surface area contributed by atoms with Gasteiger partial charge in [-0.3, -0.25) is 9.52 Å². The molecular weight excluding hydrogens is 496 g/mol. The van der Waals surface area contributed by atoms with Gasteiger partial charge in [0.1, 0.15) is 27.3 Å². The van der Waals surface area contributed by atoms with Crippen LogP contribution < -0.4 is 15.6 Å². The Morgan fingerprint density at radius 3 is 2.69 bits per heavy atom. The van der Waals surface area contributed by atoms with Crippen LogP contribution in [0.4, 0.5) is 11.4 Å². The molecule has 4 heterocycles. The number of amidine groups is 1. The minimum absolute atomic E-state index is 0.0477. The Kier molecular flexibility index (Phi) is 4.52. The van der Waals surface area contributed by atoms with Gasteiger partial charge in [0.25, 0.3) is 15.6 Å². The first-order valence-corrected chi connectivity index (χ1v) is 14.2. The number of rotatable bonds is 6. The number of aromatic nitrogens is 1. The van der Waals surface area contributed by atoms with Crippen LogP contribution in [0, 0.1) is 5.92 Å². The molecule has 1 aliphatic carbocycles. The number of anilines is 2. The van der Waals surface area contributed by atoms with Crippen molar-refractivity contribution in [3.05, 3.63) is 46.2 Å². The Morgan fingerprint density at radius 1 is 1.23 bits per heavy atom. The summed E-state index contributed by atoms with van der Waals surface area (Å²) in [6.07, 6.45) is 3.93. The lowest BCUT2D eigenvalue weighted by molar-refractivity contribution is 0.477. The van der Waals surface area contributed by atoms with Crippen LogP contribution in [0.15, 0.2) is 48.8 Å². The molecule has 0 atom stereocenters. The zero-order valence-electron chi connectivity index (χ0n) is 18.4. The summed E-state index contributed by atoms with van der Waals surface area (Å²) in [6.45, 7) is 0.393. The van der Waals surface area contributed by atoms with E-state index in [1.165, 1.54) is 16.7 Å². The topological polar surface area (TPSA) is 160 Å². The van der Waals surface area contributed by atoms with Gasteiger partial charge in [0, 0.05) is 12.2 Å². The molecule has 2 bridgehead atoms. The quantitative estimate of drug-likeness (QED) is 0.352. The van der Waals surface area contributed by atoms with Gasteiger partial charge in [-0.25, -0.2) is 8.42 Å². The molecule has 1 aliphatic heterocycles. The summed E-state index contributed by atoms with van der Waals surface area (Å²) in [7, 11) is -7.96. The van der Waals surface area contributed by atoms with E-state index in [1.54, 1.807) is 12.1 Å². The fourth-order valence-electron chi connectivity index (χ4n) is 4.49. The van der Waals surface area contributed by atoms with Crippen molar-refractivity contribution in [1.29, 1.82) is 0 Å². The molecule has 35 heavy (non-hydrogen) atoms. The Morgan fingerprint density at radius 2 is 1.97 bits per heavy atom. The monoisotopic (exact) mass is 516 g/mol. The highest BCUT2D eigenvalue weighted by molar-refractivity contribution is 7.92. The van der Waals surface area contributed by atoms with Crippen molar-refractivity contribution in [2.45, 2.75) is 30.7 Å². The number of aromatic hydroxyl groups is 1. The summed E-state index contributed by atoms with van der Waals surface area (Å²) in [6, 6.07) is 7.29. The van der Waals surface area contributed by atoms with Gasteiger partial charge in [-0.2, -0.15) is 8.42 Å². The molecule has 1 fully saturated rings. The summed E-state index contributed by atoms with van der Waals surface area (Å²) in [5.74, 6) is -0.193. The van der Waals surface area contributed by atoms with Crippen LogP contribution in [0.1, 0.15) is 24.8 Å². The highest BCUT2D eigenvalue weighted by Gasteiger charge is 2.32. The Hall–Kier alpha value is -3.58. The molecule has 3 aromatic heterocycles. The fraction of sp³-hybridized carbons (Fsp3) is 0.273. The smallest absolute Gasteiger partial charge is 0.286 e. The van der Waals surface area contributed by atoms with E-state index in [0.29, 0.717) is 34.5 Å².